The second kappa shape index (κ2) is 5.08. The number of amides is 1. The van der Waals surface area contributed by atoms with Gasteiger partial charge in [0.2, 0.25) is 0 Å². The minimum absolute atomic E-state index is 0.251. The predicted octanol–water partition coefficient (Wildman–Crippen LogP) is 1.38. The van der Waals surface area contributed by atoms with Gasteiger partial charge in [0, 0.05) is 13.0 Å². The summed E-state index contributed by atoms with van der Waals surface area (Å²) in [5.74, 6) is 2.20. The van der Waals surface area contributed by atoms with E-state index in [4.69, 9.17) is 6.42 Å². The summed E-state index contributed by atoms with van der Waals surface area (Å²) in [5, 5.41) is 2.68. The molecular formula is C13H11N3O. The number of nitrogens with zero attached hydrogens (tertiary/aromatic N) is 2. The Morgan fingerprint density at radius 2 is 2.12 bits per heavy atom. The summed E-state index contributed by atoms with van der Waals surface area (Å²) in [7, 11) is 0. The van der Waals surface area contributed by atoms with Crippen molar-refractivity contribution in [2.75, 3.05) is 6.54 Å². The Morgan fingerprint density at radius 3 is 2.88 bits per heavy atom. The van der Waals surface area contributed by atoms with E-state index in [1.165, 1.54) is 6.20 Å². The lowest BCUT2D eigenvalue weighted by molar-refractivity contribution is 0.0949. The molecule has 1 aromatic carbocycles. The average molecular weight is 225 g/mol. The Bertz CT molecular complexity index is 586. The molecule has 0 atom stereocenters. The van der Waals surface area contributed by atoms with Crippen molar-refractivity contribution in [3.63, 3.8) is 0 Å². The largest absolute Gasteiger partial charge is 0.350 e. The number of carbonyl (C=O) groups excluding carboxylic acids is 1. The molecule has 1 N–H and O–H groups in total. The Kier molecular flexibility index (Phi) is 3.31. The summed E-state index contributed by atoms with van der Waals surface area (Å²) >= 11 is 0. The number of rotatable bonds is 3. The Balaban J connectivity index is 2.19. The maximum absolute atomic E-state index is 11.7. The highest BCUT2D eigenvalue weighted by molar-refractivity contribution is 5.93. The predicted molar refractivity (Wildman–Crippen MR) is 65.3 cm³/mol. The summed E-state index contributed by atoms with van der Waals surface area (Å²) in [5.41, 5.74) is 1.78. The molecule has 17 heavy (non-hydrogen) atoms. The van der Waals surface area contributed by atoms with E-state index < -0.39 is 0 Å². The molecule has 1 amide bonds. The zero-order valence-electron chi connectivity index (χ0n) is 9.18. The second-order valence-electron chi connectivity index (χ2n) is 3.45. The lowest BCUT2D eigenvalue weighted by Crippen LogP contribution is -2.25. The van der Waals surface area contributed by atoms with Crippen molar-refractivity contribution in [3.8, 4) is 12.3 Å². The van der Waals surface area contributed by atoms with Crippen molar-refractivity contribution in [3.05, 3.63) is 36.2 Å². The van der Waals surface area contributed by atoms with Crippen LogP contribution in [0.25, 0.3) is 11.0 Å². The highest BCUT2D eigenvalue weighted by Gasteiger charge is 2.07. The molecule has 2 rings (SSSR count). The lowest BCUT2D eigenvalue weighted by Gasteiger charge is -2.03. The minimum Gasteiger partial charge on any atom is -0.350 e. The number of terminal acetylenes is 1. The fraction of sp³-hybridized carbons (Fsp3) is 0.154. The molecule has 1 heterocycles. The third kappa shape index (κ3) is 2.58. The van der Waals surface area contributed by atoms with Crippen LogP contribution >= 0.6 is 0 Å². The Morgan fingerprint density at radius 1 is 1.35 bits per heavy atom. The molecule has 0 aliphatic heterocycles. The normalized spacial score (nSPS) is 9.82. The van der Waals surface area contributed by atoms with Gasteiger partial charge in [0.15, 0.2) is 0 Å². The summed E-state index contributed by atoms with van der Waals surface area (Å²) < 4.78 is 0. The van der Waals surface area contributed by atoms with Crippen LogP contribution in [0.3, 0.4) is 0 Å². The molecule has 0 saturated carbocycles. The van der Waals surface area contributed by atoms with Gasteiger partial charge in [0.05, 0.1) is 17.2 Å². The van der Waals surface area contributed by atoms with E-state index in [9.17, 15) is 4.79 Å². The topological polar surface area (TPSA) is 54.9 Å². The zero-order chi connectivity index (χ0) is 12.1. The summed E-state index contributed by atoms with van der Waals surface area (Å²) in [4.78, 5) is 20.1. The number of nitrogens with one attached hydrogen (secondary N) is 1. The number of para-hydroxylation sites is 2. The van der Waals surface area contributed by atoms with E-state index in [1.54, 1.807) is 0 Å². The van der Waals surface area contributed by atoms with E-state index in [2.05, 4.69) is 21.2 Å². The number of carbonyl (C=O) groups is 1. The molecule has 0 fully saturated rings. The molecule has 1 aromatic heterocycles. The van der Waals surface area contributed by atoms with Crippen molar-refractivity contribution >= 4 is 16.9 Å². The van der Waals surface area contributed by atoms with E-state index >= 15 is 0 Å². The molecule has 0 spiro atoms. The monoisotopic (exact) mass is 225 g/mol. The number of hydrogen-bond donors (Lipinski definition) is 1. The molecule has 4 heteroatoms. The smallest absolute Gasteiger partial charge is 0.271 e. The van der Waals surface area contributed by atoms with Crippen molar-refractivity contribution in [2.24, 2.45) is 0 Å². The average Bonchev–Trinajstić information content (AvgIpc) is 2.38. The van der Waals surface area contributed by atoms with Gasteiger partial charge < -0.3 is 5.32 Å². The third-order valence-corrected chi connectivity index (χ3v) is 2.24. The van der Waals surface area contributed by atoms with Gasteiger partial charge in [-0.15, -0.1) is 12.3 Å². The first-order chi connectivity index (χ1) is 8.31. The van der Waals surface area contributed by atoms with Gasteiger partial charge in [0.1, 0.15) is 5.69 Å². The molecular weight excluding hydrogens is 214 g/mol. The maximum Gasteiger partial charge on any atom is 0.271 e. The van der Waals surface area contributed by atoms with E-state index in [0.29, 0.717) is 24.2 Å². The van der Waals surface area contributed by atoms with Gasteiger partial charge in [-0.1, -0.05) is 12.1 Å². The highest BCUT2D eigenvalue weighted by Crippen LogP contribution is 2.08. The molecule has 0 saturated heterocycles. The van der Waals surface area contributed by atoms with Crippen LogP contribution in [0, 0.1) is 12.3 Å². The summed E-state index contributed by atoms with van der Waals surface area (Å²) in [6.07, 6.45) is 7.07. The lowest BCUT2D eigenvalue weighted by atomic mass is 10.3. The van der Waals surface area contributed by atoms with Crippen molar-refractivity contribution in [1.82, 2.24) is 15.3 Å². The standard InChI is InChI=1S/C13H11N3O/c1-2-3-8-14-13(17)12-9-15-10-6-4-5-7-11(10)16-12/h1,4-7,9H,3,8H2,(H,14,17). The van der Waals surface area contributed by atoms with Crippen LogP contribution in [0.5, 0.6) is 0 Å². The first-order valence-corrected chi connectivity index (χ1v) is 5.24. The van der Waals surface area contributed by atoms with Crippen LogP contribution in [0.1, 0.15) is 16.9 Å². The van der Waals surface area contributed by atoms with Gasteiger partial charge in [-0.2, -0.15) is 0 Å². The van der Waals surface area contributed by atoms with Gasteiger partial charge in [0.25, 0.3) is 5.91 Å². The van der Waals surface area contributed by atoms with Gasteiger partial charge in [-0.05, 0) is 12.1 Å². The number of benzene rings is 1. The van der Waals surface area contributed by atoms with Crippen LogP contribution in [-0.4, -0.2) is 22.4 Å². The third-order valence-electron chi connectivity index (χ3n) is 2.24. The van der Waals surface area contributed by atoms with E-state index in [1.807, 2.05) is 24.3 Å². The van der Waals surface area contributed by atoms with Crippen LogP contribution in [-0.2, 0) is 0 Å². The van der Waals surface area contributed by atoms with Gasteiger partial charge >= 0.3 is 0 Å². The first-order valence-electron chi connectivity index (χ1n) is 5.24. The van der Waals surface area contributed by atoms with Crippen LogP contribution in [0.4, 0.5) is 0 Å². The van der Waals surface area contributed by atoms with Gasteiger partial charge in [-0.3, -0.25) is 9.78 Å². The molecule has 0 radical (unpaired) electrons. The van der Waals surface area contributed by atoms with Crippen LogP contribution in [0.2, 0.25) is 0 Å². The summed E-state index contributed by atoms with van der Waals surface area (Å²) in [6, 6.07) is 7.41. The molecule has 0 bridgehead atoms. The minimum atomic E-state index is -0.251. The number of hydrogen-bond acceptors (Lipinski definition) is 3. The number of aromatic nitrogens is 2. The first kappa shape index (κ1) is 11.1. The van der Waals surface area contributed by atoms with Crippen LogP contribution in [0.15, 0.2) is 30.5 Å². The van der Waals surface area contributed by atoms with Crippen molar-refractivity contribution in [1.29, 1.82) is 0 Å². The molecule has 84 valence electrons. The fourth-order valence-electron chi connectivity index (χ4n) is 1.41. The summed E-state index contributed by atoms with van der Waals surface area (Å²) in [6.45, 7) is 0.448. The molecule has 4 nitrogen and oxygen atoms in total. The molecule has 0 aliphatic carbocycles. The maximum atomic E-state index is 11.7. The molecule has 2 aromatic rings. The van der Waals surface area contributed by atoms with E-state index in [-0.39, 0.29) is 5.91 Å². The number of fused-ring (bicyclic) bond motifs is 1. The SMILES string of the molecule is C#CCCNC(=O)c1cnc2ccccc2n1. The second-order valence-corrected chi connectivity index (χ2v) is 3.45. The van der Waals surface area contributed by atoms with Crippen molar-refractivity contribution in [2.45, 2.75) is 6.42 Å². The van der Waals surface area contributed by atoms with Crippen LogP contribution < -0.4 is 5.32 Å². The molecule has 0 aliphatic rings. The van der Waals surface area contributed by atoms with Crippen molar-refractivity contribution < 1.29 is 4.79 Å². The highest BCUT2D eigenvalue weighted by atomic mass is 16.1. The van der Waals surface area contributed by atoms with E-state index in [0.717, 1.165) is 5.52 Å². The van der Waals surface area contributed by atoms with Gasteiger partial charge in [-0.25, -0.2) is 4.98 Å². The quantitative estimate of drug-likeness (QED) is 0.634. The fourth-order valence-corrected chi connectivity index (χ4v) is 1.41. The molecule has 0 unspecified atom stereocenters. The zero-order valence-corrected chi connectivity index (χ0v) is 9.18. The Labute approximate surface area is 99.1 Å². The Hall–Kier alpha value is -2.41.